The van der Waals surface area contributed by atoms with Crippen molar-refractivity contribution < 1.29 is 24.2 Å². The Morgan fingerprint density at radius 1 is 0.717 bits per heavy atom. The van der Waals surface area contributed by atoms with Gasteiger partial charge in [-0.05, 0) is 35.4 Å². The number of allylic oxidation sites excluding steroid dienone is 4. The van der Waals surface area contributed by atoms with Crippen molar-refractivity contribution in [2.24, 2.45) is 0 Å². The molecule has 0 saturated carbocycles. The first kappa shape index (κ1) is 36.0. The van der Waals surface area contributed by atoms with E-state index in [-0.39, 0.29) is 10.8 Å². The van der Waals surface area contributed by atoms with Crippen LogP contribution < -0.4 is 0 Å². The third-order valence-electron chi connectivity index (χ3n) is 9.20. The minimum absolute atomic E-state index is 0.163. The molecule has 4 aromatic rings. The summed E-state index contributed by atoms with van der Waals surface area (Å²) in [5.41, 5.74) is 14.5. The van der Waals surface area contributed by atoms with Crippen LogP contribution in [0.3, 0.4) is 0 Å². The SMILES string of the molecule is CC([C](=[Zr+2])C(C)c1ccccc1)c1ccccc1.Cc1[c-]c2c(cc1C(C)(C)C)-c1cc(C(C)(C)C)c(C)cc1C2.[C-]1=CC=CC1. The quantitative estimate of drug-likeness (QED) is 0.165. The fourth-order valence-electron chi connectivity index (χ4n) is 6.58. The topological polar surface area (TPSA) is 0 Å². The van der Waals surface area contributed by atoms with Crippen LogP contribution >= 0.6 is 0 Å². The van der Waals surface area contributed by atoms with Gasteiger partial charge in [0.05, 0.1) is 0 Å². The van der Waals surface area contributed by atoms with E-state index in [1.165, 1.54) is 55.6 Å². The normalized spacial score (nSPS) is 14.3. The van der Waals surface area contributed by atoms with Crippen molar-refractivity contribution in [2.45, 2.75) is 105 Å². The van der Waals surface area contributed by atoms with E-state index in [2.05, 4.69) is 166 Å². The Kier molecular flexibility index (Phi) is 12.0. The van der Waals surface area contributed by atoms with E-state index in [1.54, 1.807) is 27.4 Å². The minimum atomic E-state index is 0.163. The summed E-state index contributed by atoms with van der Waals surface area (Å²) >= 11 is 1.54. The van der Waals surface area contributed by atoms with Gasteiger partial charge in [-0.2, -0.15) is 23.8 Å². The Balaban J connectivity index is 0.000000185. The van der Waals surface area contributed by atoms with Crippen LogP contribution in [-0.2, 0) is 41.5 Å². The largest absolute Gasteiger partial charge is 0.273 e. The van der Waals surface area contributed by atoms with Gasteiger partial charge in [0.15, 0.2) is 0 Å². The molecule has 6 rings (SSSR count). The van der Waals surface area contributed by atoms with Gasteiger partial charge in [0.25, 0.3) is 0 Å². The molecule has 2 unspecified atom stereocenters. The van der Waals surface area contributed by atoms with Crippen molar-refractivity contribution in [1.29, 1.82) is 0 Å². The summed E-state index contributed by atoms with van der Waals surface area (Å²) in [6.07, 6.45) is 11.0. The van der Waals surface area contributed by atoms with Gasteiger partial charge >= 0.3 is 125 Å². The smallest absolute Gasteiger partial charge is 0.0129 e. The number of benzene rings is 4. The fraction of sp³-hybridized carbons (Fsp3) is 0.356. The fourth-order valence-corrected chi connectivity index (χ4v) is 7.40. The summed E-state index contributed by atoms with van der Waals surface area (Å²) in [5, 5.41) is 0. The second kappa shape index (κ2) is 15.3. The number of hydrogen-bond donors (Lipinski definition) is 0. The number of aryl methyl sites for hydroxylation is 2. The first-order valence-electron chi connectivity index (χ1n) is 16.8. The third kappa shape index (κ3) is 8.92. The monoisotopic (exact) mass is 682 g/mol. The van der Waals surface area contributed by atoms with Gasteiger partial charge in [-0.25, -0.2) is 12.2 Å². The molecule has 1 heteroatoms. The van der Waals surface area contributed by atoms with Crippen LogP contribution in [0.4, 0.5) is 0 Å². The van der Waals surface area contributed by atoms with Crippen LogP contribution in [0, 0.1) is 26.0 Å². The van der Waals surface area contributed by atoms with Crippen molar-refractivity contribution in [2.75, 3.05) is 0 Å². The predicted molar refractivity (Wildman–Crippen MR) is 197 cm³/mol. The zero-order valence-electron chi connectivity index (χ0n) is 29.8. The maximum Gasteiger partial charge on any atom is -0.0129 e. The summed E-state index contributed by atoms with van der Waals surface area (Å²) in [5.74, 6) is 1.08. The van der Waals surface area contributed by atoms with Crippen LogP contribution in [0.5, 0.6) is 0 Å². The van der Waals surface area contributed by atoms with Gasteiger partial charge < -0.3 is 0 Å². The van der Waals surface area contributed by atoms with Gasteiger partial charge in [0.2, 0.25) is 0 Å². The number of fused-ring (bicyclic) bond motifs is 3. The molecule has 0 heterocycles. The molecule has 0 aliphatic heterocycles. The van der Waals surface area contributed by atoms with Crippen LogP contribution in [-0.4, -0.2) is 3.21 Å². The Hall–Kier alpha value is -2.89. The van der Waals surface area contributed by atoms with Crippen LogP contribution in [0.1, 0.15) is 118 Å². The molecular weight excluding hydrogens is 632 g/mol. The molecule has 0 bridgehead atoms. The maximum atomic E-state index is 3.69. The Morgan fingerprint density at radius 3 is 1.67 bits per heavy atom. The molecule has 2 atom stereocenters. The van der Waals surface area contributed by atoms with Gasteiger partial charge in [0, 0.05) is 0 Å². The average Bonchev–Trinajstić information content (AvgIpc) is 3.71. The Morgan fingerprint density at radius 2 is 1.24 bits per heavy atom. The zero-order chi connectivity index (χ0) is 33.6. The standard InChI is InChI=1S/C23H29.C17H18.C5H5.Zr/c1-14-9-16-11-17-10-15(2)21(23(6,7)8)13-19(17)18(16)12-20(14)22(3,4)5;1-14(16-9-5-3-6-10-16)13-15(2)17-11-7-4-8-12-17;1-2-4-5-3-1;/h9,12-13H,11H2,1-8H3;3-12,14-15H,1-2H3;1-3H,4H2;/q-1;;-1;+2. The van der Waals surface area contributed by atoms with Gasteiger partial charge in [-0.1, -0.05) is 71.6 Å². The van der Waals surface area contributed by atoms with Crippen molar-refractivity contribution in [1.82, 2.24) is 0 Å². The molecule has 46 heavy (non-hydrogen) atoms. The van der Waals surface area contributed by atoms with E-state index in [0.717, 1.165) is 12.8 Å². The molecule has 0 fully saturated rings. The van der Waals surface area contributed by atoms with E-state index < -0.39 is 0 Å². The van der Waals surface area contributed by atoms with Crippen molar-refractivity contribution in [3.05, 3.63) is 154 Å². The Bertz CT molecular complexity index is 1560. The molecule has 0 aromatic heterocycles. The van der Waals surface area contributed by atoms with Crippen molar-refractivity contribution >= 4 is 3.21 Å². The van der Waals surface area contributed by atoms with Gasteiger partial charge in [0.1, 0.15) is 0 Å². The second-order valence-corrected chi connectivity index (χ2v) is 16.3. The average molecular weight is 684 g/mol. The molecule has 2 aliphatic carbocycles. The van der Waals surface area contributed by atoms with Crippen LogP contribution in [0.2, 0.25) is 0 Å². The van der Waals surface area contributed by atoms with Crippen molar-refractivity contribution in [3.63, 3.8) is 0 Å². The molecule has 0 saturated heterocycles. The molecule has 0 spiro atoms. The number of hydrogen-bond acceptors (Lipinski definition) is 0. The molecule has 0 nitrogen and oxygen atoms in total. The van der Waals surface area contributed by atoms with Crippen LogP contribution in [0.25, 0.3) is 11.1 Å². The molecule has 2 aliphatic rings. The summed E-state index contributed by atoms with van der Waals surface area (Å²) in [6.45, 7) is 22.9. The van der Waals surface area contributed by atoms with E-state index >= 15 is 0 Å². The maximum absolute atomic E-state index is 3.69. The third-order valence-corrected chi connectivity index (χ3v) is 11.3. The molecule has 0 amide bonds. The zero-order valence-corrected chi connectivity index (χ0v) is 32.3. The van der Waals surface area contributed by atoms with Crippen LogP contribution in [0.15, 0.2) is 97.1 Å². The minimum Gasteiger partial charge on any atom is -0.273 e. The summed E-state index contributed by atoms with van der Waals surface area (Å²) < 4.78 is 1.61. The van der Waals surface area contributed by atoms with Crippen molar-refractivity contribution in [3.8, 4) is 11.1 Å². The van der Waals surface area contributed by atoms with E-state index in [0.29, 0.717) is 11.8 Å². The van der Waals surface area contributed by atoms with Gasteiger partial charge in [-0.15, -0.1) is 23.1 Å². The van der Waals surface area contributed by atoms with E-state index in [1.807, 2.05) is 12.2 Å². The Labute approximate surface area is 295 Å². The van der Waals surface area contributed by atoms with E-state index in [4.69, 9.17) is 0 Å². The molecule has 0 N–H and O–H groups in total. The van der Waals surface area contributed by atoms with E-state index in [9.17, 15) is 0 Å². The number of rotatable bonds is 4. The first-order chi connectivity index (χ1) is 21.7. The summed E-state index contributed by atoms with van der Waals surface area (Å²) in [6, 6.07) is 32.5. The molecule has 236 valence electrons. The second-order valence-electron chi connectivity index (χ2n) is 14.9. The predicted octanol–water partition coefficient (Wildman–Crippen LogP) is 11.9. The summed E-state index contributed by atoms with van der Waals surface area (Å²) in [7, 11) is 0. The summed E-state index contributed by atoms with van der Waals surface area (Å²) in [4.78, 5) is 0. The molecule has 0 radical (unpaired) electrons. The van der Waals surface area contributed by atoms with Gasteiger partial charge in [-0.3, -0.25) is 6.08 Å². The molecular formula is C45H52Zr. The first-order valence-corrected chi connectivity index (χ1v) is 18.0. The molecule has 4 aromatic carbocycles.